The van der Waals surface area contributed by atoms with Gasteiger partial charge in [0.1, 0.15) is 5.75 Å². The van der Waals surface area contributed by atoms with Crippen molar-refractivity contribution >= 4 is 23.2 Å². The van der Waals surface area contributed by atoms with Gasteiger partial charge in [0.15, 0.2) is 6.10 Å². The number of rotatable bonds is 6. The summed E-state index contributed by atoms with van der Waals surface area (Å²) in [7, 11) is 0. The average Bonchev–Trinajstić information content (AvgIpc) is 3.03. The zero-order valence-electron chi connectivity index (χ0n) is 16.9. The molecule has 158 valence electrons. The van der Waals surface area contributed by atoms with Crippen molar-refractivity contribution in [1.82, 2.24) is 4.90 Å². The van der Waals surface area contributed by atoms with Crippen LogP contribution >= 0.6 is 0 Å². The number of carbonyl (C=O) groups excluding carboxylic acids is 2. The molecule has 1 fully saturated rings. The number of benzene rings is 2. The Morgan fingerprint density at radius 2 is 1.60 bits per heavy atom. The van der Waals surface area contributed by atoms with Gasteiger partial charge in [0.2, 0.25) is 0 Å². The van der Waals surface area contributed by atoms with Crippen LogP contribution in [0.5, 0.6) is 5.75 Å². The minimum atomic E-state index is -0.801. The second-order valence-electron chi connectivity index (χ2n) is 7.28. The summed E-state index contributed by atoms with van der Waals surface area (Å²) in [5.41, 5.74) is 1.12. The van der Waals surface area contributed by atoms with E-state index in [1.54, 1.807) is 31.2 Å². The fourth-order valence-corrected chi connectivity index (χ4v) is 3.30. The summed E-state index contributed by atoms with van der Waals surface area (Å²) in [6.45, 7) is 3.16. The van der Waals surface area contributed by atoms with Crippen molar-refractivity contribution in [2.24, 2.45) is 0 Å². The maximum Gasteiger partial charge on any atom is 0.269 e. The standard InChI is InChI=1S/C22H25N3O5/c1-16(30-20-12-10-19(11-13-20)25(28)29)21(26)23-18-8-6-17(7-9-18)22(27)24-14-4-2-3-5-15-24/h6-13,16H,2-5,14-15H2,1H3,(H,23,26). The first-order valence-corrected chi connectivity index (χ1v) is 10.1. The van der Waals surface area contributed by atoms with Crippen LogP contribution < -0.4 is 10.1 Å². The van der Waals surface area contributed by atoms with Gasteiger partial charge in [-0.05, 0) is 56.2 Å². The molecule has 1 unspecified atom stereocenters. The van der Waals surface area contributed by atoms with Crippen molar-refractivity contribution in [3.05, 3.63) is 64.2 Å². The van der Waals surface area contributed by atoms with Crippen LogP contribution in [0.4, 0.5) is 11.4 Å². The molecule has 0 spiro atoms. The van der Waals surface area contributed by atoms with Crippen LogP contribution in [-0.4, -0.2) is 40.8 Å². The number of anilines is 1. The van der Waals surface area contributed by atoms with Crippen molar-refractivity contribution in [2.75, 3.05) is 18.4 Å². The maximum atomic E-state index is 12.6. The first kappa shape index (κ1) is 21.3. The van der Waals surface area contributed by atoms with Crippen LogP contribution in [0.2, 0.25) is 0 Å². The highest BCUT2D eigenvalue weighted by Crippen LogP contribution is 2.19. The van der Waals surface area contributed by atoms with E-state index in [1.807, 2.05) is 4.90 Å². The van der Waals surface area contributed by atoms with E-state index in [0.29, 0.717) is 17.0 Å². The van der Waals surface area contributed by atoms with Crippen molar-refractivity contribution in [1.29, 1.82) is 0 Å². The third-order valence-corrected chi connectivity index (χ3v) is 5.02. The molecule has 30 heavy (non-hydrogen) atoms. The first-order valence-electron chi connectivity index (χ1n) is 10.1. The first-order chi connectivity index (χ1) is 14.4. The summed E-state index contributed by atoms with van der Waals surface area (Å²) in [6.07, 6.45) is 3.59. The summed E-state index contributed by atoms with van der Waals surface area (Å²) in [5, 5.41) is 13.4. The Morgan fingerprint density at radius 1 is 1.00 bits per heavy atom. The van der Waals surface area contributed by atoms with E-state index in [1.165, 1.54) is 24.3 Å². The van der Waals surface area contributed by atoms with Gasteiger partial charge < -0.3 is 15.0 Å². The number of non-ortho nitro benzene ring substituents is 1. The number of likely N-dealkylation sites (tertiary alicyclic amines) is 1. The number of nitrogens with one attached hydrogen (secondary N) is 1. The molecule has 8 nitrogen and oxygen atoms in total. The number of nitro benzene ring substituents is 1. The summed E-state index contributed by atoms with van der Waals surface area (Å²) in [5.74, 6) is 0.0197. The molecule has 2 aromatic rings. The number of ether oxygens (including phenoxy) is 1. The molecule has 8 heteroatoms. The lowest BCUT2D eigenvalue weighted by Crippen LogP contribution is -2.32. The number of amides is 2. The van der Waals surface area contributed by atoms with Gasteiger partial charge in [-0.15, -0.1) is 0 Å². The fourth-order valence-electron chi connectivity index (χ4n) is 3.30. The predicted molar refractivity (Wildman–Crippen MR) is 113 cm³/mol. The Morgan fingerprint density at radius 3 is 2.17 bits per heavy atom. The van der Waals surface area contributed by atoms with Crippen molar-refractivity contribution in [3.63, 3.8) is 0 Å². The van der Waals surface area contributed by atoms with Crippen molar-refractivity contribution < 1.29 is 19.2 Å². The highest BCUT2D eigenvalue weighted by molar-refractivity contribution is 5.96. The number of hydrogen-bond acceptors (Lipinski definition) is 5. The van der Waals surface area contributed by atoms with Gasteiger partial charge in [-0.2, -0.15) is 0 Å². The summed E-state index contributed by atoms with van der Waals surface area (Å²) in [6, 6.07) is 12.4. The number of carbonyl (C=O) groups is 2. The molecule has 0 saturated carbocycles. The maximum absolute atomic E-state index is 12.6. The third kappa shape index (κ3) is 5.56. The fraction of sp³-hybridized carbons (Fsp3) is 0.364. The minimum absolute atomic E-state index is 0.0182. The lowest BCUT2D eigenvalue weighted by Gasteiger charge is -2.20. The zero-order chi connectivity index (χ0) is 21.5. The normalized spacial score (nSPS) is 15.0. The molecule has 1 aliphatic rings. The van der Waals surface area contributed by atoms with Gasteiger partial charge >= 0.3 is 0 Å². The van der Waals surface area contributed by atoms with Crippen LogP contribution in [0.1, 0.15) is 43.0 Å². The average molecular weight is 411 g/mol. The molecule has 0 radical (unpaired) electrons. The number of nitrogens with zero attached hydrogens (tertiary/aromatic N) is 2. The van der Waals surface area contributed by atoms with E-state index < -0.39 is 11.0 Å². The van der Waals surface area contributed by atoms with Gasteiger partial charge in [0.25, 0.3) is 17.5 Å². The SMILES string of the molecule is CC(Oc1ccc([N+](=O)[O-])cc1)C(=O)Nc1ccc(C(=O)N2CCCCCC2)cc1. The lowest BCUT2D eigenvalue weighted by atomic mass is 10.1. The van der Waals surface area contributed by atoms with Crippen LogP contribution in [0.25, 0.3) is 0 Å². The lowest BCUT2D eigenvalue weighted by molar-refractivity contribution is -0.384. The molecule has 2 aromatic carbocycles. The van der Waals surface area contributed by atoms with Crippen LogP contribution in [0.3, 0.4) is 0 Å². The Balaban J connectivity index is 1.55. The molecule has 1 heterocycles. The van der Waals surface area contributed by atoms with E-state index in [-0.39, 0.29) is 17.5 Å². The molecule has 1 N–H and O–H groups in total. The van der Waals surface area contributed by atoms with E-state index in [4.69, 9.17) is 4.74 Å². The molecular formula is C22H25N3O5. The largest absolute Gasteiger partial charge is 0.481 e. The summed E-state index contributed by atoms with van der Waals surface area (Å²) < 4.78 is 5.54. The number of nitro groups is 1. The van der Waals surface area contributed by atoms with Gasteiger partial charge in [-0.3, -0.25) is 19.7 Å². The summed E-state index contributed by atoms with van der Waals surface area (Å²) in [4.78, 5) is 37.1. The molecular weight excluding hydrogens is 386 g/mol. The van der Waals surface area contributed by atoms with Crippen LogP contribution in [-0.2, 0) is 4.79 Å². The molecule has 0 aliphatic carbocycles. The van der Waals surface area contributed by atoms with Crippen molar-refractivity contribution in [2.45, 2.75) is 38.7 Å². The van der Waals surface area contributed by atoms with Crippen LogP contribution in [0, 0.1) is 10.1 Å². The second kappa shape index (κ2) is 9.87. The molecule has 3 rings (SSSR count). The Kier molecular flexibility index (Phi) is 7.00. The van der Waals surface area contributed by atoms with E-state index in [2.05, 4.69) is 5.32 Å². The molecule has 2 amide bonds. The van der Waals surface area contributed by atoms with Crippen molar-refractivity contribution in [3.8, 4) is 5.75 Å². The predicted octanol–water partition coefficient (Wildman–Crippen LogP) is 4.02. The van der Waals surface area contributed by atoms with Gasteiger partial charge in [-0.25, -0.2) is 0 Å². The van der Waals surface area contributed by atoms with Gasteiger partial charge in [-0.1, -0.05) is 12.8 Å². The Labute approximate surface area is 175 Å². The highest BCUT2D eigenvalue weighted by atomic mass is 16.6. The van der Waals surface area contributed by atoms with E-state index in [9.17, 15) is 19.7 Å². The molecule has 0 aromatic heterocycles. The molecule has 1 atom stereocenters. The van der Waals surface area contributed by atoms with E-state index >= 15 is 0 Å². The molecule has 1 aliphatic heterocycles. The van der Waals surface area contributed by atoms with Gasteiger partial charge in [0.05, 0.1) is 4.92 Å². The van der Waals surface area contributed by atoms with Crippen LogP contribution in [0.15, 0.2) is 48.5 Å². The van der Waals surface area contributed by atoms with Gasteiger partial charge in [0, 0.05) is 36.5 Å². The monoisotopic (exact) mass is 411 g/mol. The molecule has 1 saturated heterocycles. The minimum Gasteiger partial charge on any atom is -0.481 e. The zero-order valence-corrected chi connectivity index (χ0v) is 16.9. The Bertz CT molecular complexity index is 888. The topological polar surface area (TPSA) is 102 Å². The Hall–Kier alpha value is -3.42. The summed E-state index contributed by atoms with van der Waals surface area (Å²) >= 11 is 0. The highest BCUT2D eigenvalue weighted by Gasteiger charge is 2.18. The quantitative estimate of drug-likeness (QED) is 0.571. The second-order valence-corrected chi connectivity index (χ2v) is 7.28. The smallest absolute Gasteiger partial charge is 0.269 e. The third-order valence-electron chi connectivity index (χ3n) is 5.02. The number of hydrogen-bond donors (Lipinski definition) is 1. The van der Waals surface area contributed by atoms with E-state index in [0.717, 1.165) is 38.8 Å². The molecule has 0 bridgehead atoms.